The summed E-state index contributed by atoms with van der Waals surface area (Å²) < 4.78 is 5.36. The number of alkyl carbamates (subject to hydrolysis) is 1. The number of para-hydroxylation sites is 2. The van der Waals surface area contributed by atoms with Gasteiger partial charge in [-0.25, -0.2) is 4.79 Å². The number of carbonyl (C=O) groups excluding carboxylic acids is 3. The number of rotatable bonds is 12. The molecule has 0 bridgehead atoms. The molecule has 39 heavy (non-hydrogen) atoms. The Labute approximate surface area is 237 Å². The number of amides is 3. The van der Waals surface area contributed by atoms with Gasteiger partial charge >= 0.3 is 6.09 Å². The molecule has 214 valence electrons. The van der Waals surface area contributed by atoms with E-state index in [9.17, 15) is 19.5 Å². The number of anilines is 1. The summed E-state index contributed by atoms with van der Waals surface area (Å²) in [6.45, 7) is 11.3. The predicted molar refractivity (Wildman–Crippen MR) is 158 cm³/mol. The molecule has 2 atom stereocenters. The van der Waals surface area contributed by atoms with Crippen LogP contribution in [0.25, 0.3) is 0 Å². The number of hydrogen-bond acceptors (Lipinski definition) is 6. The van der Waals surface area contributed by atoms with E-state index >= 15 is 0 Å². The van der Waals surface area contributed by atoms with E-state index in [0.29, 0.717) is 17.7 Å². The average Bonchev–Trinajstić information content (AvgIpc) is 2.86. The van der Waals surface area contributed by atoms with Crippen LogP contribution in [0.5, 0.6) is 5.75 Å². The van der Waals surface area contributed by atoms with Crippen LogP contribution >= 0.6 is 12.6 Å². The zero-order chi connectivity index (χ0) is 29.2. The predicted octanol–water partition coefficient (Wildman–Crippen LogP) is 5.92. The van der Waals surface area contributed by atoms with Crippen molar-refractivity contribution in [3.63, 3.8) is 0 Å². The van der Waals surface area contributed by atoms with Crippen molar-refractivity contribution in [2.24, 2.45) is 0 Å². The van der Waals surface area contributed by atoms with Gasteiger partial charge in [0.05, 0.1) is 0 Å². The van der Waals surface area contributed by atoms with E-state index in [1.165, 1.54) is 11.0 Å². The van der Waals surface area contributed by atoms with Gasteiger partial charge in [-0.15, -0.1) is 0 Å². The Hall–Kier alpha value is -3.20. The molecule has 9 heteroatoms. The molecule has 0 aliphatic heterocycles. The van der Waals surface area contributed by atoms with Gasteiger partial charge in [0.15, 0.2) is 0 Å². The number of ether oxygens (including phenoxy) is 1. The zero-order valence-electron chi connectivity index (χ0n) is 23.9. The number of benzene rings is 2. The molecule has 3 N–H and O–H groups in total. The molecule has 0 aliphatic rings. The molecular weight excluding hydrogens is 514 g/mol. The molecule has 0 aliphatic carbocycles. The van der Waals surface area contributed by atoms with Gasteiger partial charge in [0, 0.05) is 23.5 Å². The highest BCUT2D eigenvalue weighted by atomic mass is 32.1. The van der Waals surface area contributed by atoms with Crippen molar-refractivity contribution in [3.8, 4) is 5.75 Å². The lowest BCUT2D eigenvalue weighted by Gasteiger charge is -2.34. The molecule has 3 amide bonds. The van der Waals surface area contributed by atoms with Gasteiger partial charge < -0.3 is 25.4 Å². The highest BCUT2D eigenvalue weighted by molar-refractivity contribution is 7.80. The molecule has 0 saturated carbocycles. The van der Waals surface area contributed by atoms with Crippen LogP contribution in [-0.4, -0.2) is 51.9 Å². The van der Waals surface area contributed by atoms with Crippen molar-refractivity contribution >= 4 is 36.2 Å². The SMILES string of the molecule is CCCCCCN(C(=O)C(CS)NC(=O)OC(C)(C)C)C(C(=O)Nc1c(C)cccc1C)c1ccccc1O. The number of aryl methyl sites for hydroxylation is 2. The molecule has 0 spiro atoms. The summed E-state index contributed by atoms with van der Waals surface area (Å²) in [5, 5.41) is 16.4. The second-order valence-electron chi connectivity index (χ2n) is 10.7. The molecule has 2 aromatic carbocycles. The standard InChI is InChI=1S/C30H43N3O5S/c1-7-8-9-12-18-33(28(36)23(19-39)31-29(37)38-30(4,5)6)26(22-16-10-11-17-24(22)34)27(35)32-25-20(2)14-13-15-21(25)3/h10-11,13-17,23,26,34,39H,7-9,12,18-19H2,1-6H3,(H,31,37)(H,32,35). The third-order valence-electron chi connectivity index (χ3n) is 6.23. The highest BCUT2D eigenvalue weighted by Crippen LogP contribution is 2.32. The van der Waals surface area contributed by atoms with Crippen LogP contribution in [-0.2, 0) is 14.3 Å². The van der Waals surface area contributed by atoms with Crippen LogP contribution in [0.2, 0.25) is 0 Å². The Morgan fingerprint density at radius 1 is 1.00 bits per heavy atom. The molecule has 2 rings (SSSR count). The number of unbranched alkanes of at least 4 members (excludes halogenated alkanes) is 3. The number of hydrogen-bond donors (Lipinski definition) is 4. The lowest BCUT2D eigenvalue weighted by molar-refractivity contribution is -0.140. The second kappa shape index (κ2) is 14.8. The summed E-state index contributed by atoms with van der Waals surface area (Å²) >= 11 is 4.33. The highest BCUT2D eigenvalue weighted by Gasteiger charge is 2.37. The molecule has 0 radical (unpaired) electrons. The number of nitrogens with one attached hydrogen (secondary N) is 2. The maximum Gasteiger partial charge on any atom is 0.408 e. The number of thiol groups is 1. The van der Waals surface area contributed by atoms with Crippen LogP contribution in [0, 0.1) is 13.8 Å². The summed E-state index contributed by atoms with van der Waals surface area (Å²) in [6, 6.07) is 10.00. The first kappa shape index (κ1) is 32.0. The zero-order valence-corrected chi connectivity index (χ0v) is 24.8. The van der Waals surface area contributed by atoms with E-state index in [0.717, 1.165) is 30.4 Å². The normalized spacial score (nSPS) is 12.8. The van der Waals surface area contributed by atoms with Crippen molar-refractivity contribution < 1.29 is 24.2 Å². The lowest BCUT2D eigenvalue weighted by Crippen LogP contribution is -2.53. The van der Waals surface area contributed by atoms with E-state index in [1.54, 1.807) is 39.0 Å². The minimum Gasteiger partial charge on any atom is -0.508 e. The van der Waals surface area contributed by atoms with Crippen LogP contribution in [0.4, 0.5) is 10.5 Å². The van der Waals surface area contributed by atoms with E-state index < -0.39 is 35.6 Å². The fourth-order valence-corrected chi connectivity index (χ4v) is 4.53. The lowest BCUT2D eigenvalue weighted by atomic mass is 10.00. The van der Waals surface area contributed by atoms with E-state index in [4.69, 9.17) is 4.74 Å². The van der Waals surface area contributed by atoms with Crippen molar-refractivity contribution in [2.75, 3.05) is 17.6 Å². The van der Waals surface area contributed by atoms with Crippen LogP contribution in [0.1, 0.15) is 76.1 Å². The van der Waals surface area contributed by atoms with E-state index in [2.05, 4.69) is 30.2 Å². The monoisotopic (exact) mass is 557 g/mol. The fraction of sp³-hybridized carbons (Fsp3) is 0.500. The summed E-state index contributed by atoms with van der Waals surface area (Å²) in [6.07, 6.45) is 2.73. The minimum absolute atomic E-state index is 0.00442. The molecule has 0 aromatic heterocycles. The van der Waals surface area contributed by atoms with Crippen LogP contribution < -0.4 is 10.6 Å². The number of phenols is 1. The van der Waals surface area contributed by atoms with Gasteiger partial charge in [-0.05, 0) is 58.2 Å². The minimum atomic E-state index is -1.15. The quantitative estimate of drug-likeness (QED) is 0.191. The number of carbonyl (C=O) groups is 3. The molecule has 0 saturated heterocycles. The number of nitrogens with zero attached hydrogens (tertiary/aromatic N) is 1. The van der Waals surface area contributed by atoms with Gasteiger partial charge in [0.1, 0.15) is 23.4 Å². The fourth-order valence-electron chi connectivity index (χ4n) is 4.28. The third kappa shape index (κ3) is 9.49. The molecular formula is C30H43N3O5S. The van der Waals surface area contributed by atoms with Crippen molar-refractivity contribution in [1.82, 2.24) is 10.2 Å². The summed E-state index contributed by atoms with van der Waals surface area (Å²) in [5.74, 6) is -1.06. The first-order valence-corrected chi connectivity index (χ1v) is 14.1. The van der Waals surface area contributed by atoms with Gasteiger partial charge in [0.2, 0.25) is 5.91 Å². The maximum atomic E-state index is 14.0. The van der Waals surface area contributed by atoms with E-state index in [-0.39, 0.29) is 18.0 Å². The van der Waals surface area contributed by atoms with Crippen molar-refractivity contribution in [2.45, 2.75) is 84.9 Å². The largest absolute Gasteiger partial charge is 0.508 e. The summed E-state index contributed by atoms with van der Waals surface area (Å²) in [4.78, 5) is 42.0. The Morgan fingerprint density at radius 2 is 1.64 bits per heavy atom. The van der Waals surface area contributed by atoms with Crippen molar-refractivity contribution in [1.29, 1.82) is 0 Å². The molecule has 0 fully saturated rings. The third-order valence-corrected chi connectivity index (χ3v) is 6.59. The van der Waals surface area contributed by atoms with Gasteiger partial charge in [-0.1, -0.05) is 62.6 Å². The van der Waals surface area contributed by atoms with Gasteiger partial charge in [0.25, 0.3) is 5.91 Å². The maximum absolute atomic E-state index is 14.0. The smallest absolute Gasteiger partial charge is 0.408 e. The van der Waals surface area contributed by atoms with E-state index in [1.807, 2.05) is 32.0 Å². The summed E-state index contributed by atoms with van der Waals surface area (Å²) in [7, 11) is 0. The number of aromatic hydroxyl groups is 1. The first-order valence-electron chi connectivity index (χ1n) is 13.4. The Morgan fingerprint density at radius 3 is 2.21 bits per heavy atom. The first-order chi connectivity index (χ1) is 18.4. The van der Waals surface area contributed by atoms with Gasteiger partial charge in [-0.3, -0.25) is 9.59 Å². The Bertz CT molecular complexity index is 1110. The van der Waals surface area contributed by atoms with Crippen LogP contribution in [0.15, 0.2) is 42.5 Å². The molecule has 2 aromatic rings. The molecule has 8 nitrogen and oxygen atoms in total. The van der Waals surface area contributed by atoms with Crippen molar-refractivity contribution in [3.05, 3.63) is 59.2 Å². The Balaban J connectivity index is 2.53. The van der Waals surface area contributed by atoms with Gasteiger partial charge in [-0.2, -0.15) is 12.6 Å². The summed E-state index contributed by atoms with van der Waals surface area (Å²) in [5.41, 5.74) is 1.94. The second-order valence-corrected chi connectivity index (χ2v) is 11.1. The molecule has 0 heterocycles. The topological polar surface area (TPSA) is 108 Å². The Kier molecular flexibility index (Phi) is 12.2. The van der Waals surface area contributed by atoms with Crippen LogP contribution in [0.3, 0.4) is 0 Å². The number of phenolic OH excluding ortho intramolecular Hbond substituents is 1. The molecule has 2 unspecified atom stereocenters. The average molecular weight is 558 g/mol.